The molecule has 0 saturated carbocycles. The van der Waals surface area contributed by atoms with Gasteiger partial charge in [-0.2, -0.15) is 0 Å². The van der Waals surface area contributed by atoms with E-state index in [1.54, 1.807) is 6.20 Å². The molecule has 4 nitrogen and oxygen atoms in total. The van der Waals surface area contributed by atoms with Gasteiger partial charge in [0, 0.05) is 18.3 Å². The second kappa shape index (κ2) is 6.91. The van der Waals surface area contributed by atoms with E-state index in [4.69, 9.17) is 10.5 Å². The third kappa shape index (κ3) is 3.48. The van der Waals surface area contributed by atoms with E-state index in [-0.39, 0.29) is 0 Å². The van der Waals surface area contributed by atoms with Gasteiger partial charge in [0.15, 0.2) is 0 Å². The second-order valence-electron chi connectivity index (χ2n) is 4.69. The second-order valence-corrected chi connectivity index (χ2v) is 4.69. The molecule has 20 heavy (non-hydrogen) atoms. The van der Waals surface area contributed by atoms with Gasteiger partial charge in [-0.3, -0.25) is 0 Å². The van der Waals surface area contributed by atoms with E-state index in [1.165, 1.54) is 0 Å². The van der Waals surface area contributed by atoms with E-state index >= 15 is 0 Å². The minimum Gasteiger partial charge on any atom is -0.491 e. The summed E-state index contributed by atoms with van der Waals surface area (Å²) < 4.78 is 5.84. The molecule has 0 unspecified atom stereocenters. The lowest BCUT2D eigenvalue weighted by atomic mass is 10.1. The van der Waals surface area contributed by atoms with Crippen LogP contribution in [0.1, 0.15) is 24.5 Å². The maximum atomic E-state index is 5.84. The normalized spacial score (nSPS) is 10.3. The first-order chi connectivity index (χ1) is 9.74. The molecule has 0 saturated heterocycles. The summed E-state index contributed by atoms with van der Waals surface area (Å²) in [4.78, 5) is 4.31. The zero-order chi connectivity index (χ0) is 14.4. The van der Waals surface area contributed by atoms with Crippen molar-refractivity contribution in [3.05, 3.63) is 47.7 Å². The number of nitrogens with two attached hydrogens (primary N) is 1. The monoisotopic (exact) mass is 271 g/mol. The Morgan fingerprint density at radius 1 is 1.30 bits per heavy atom. The molecule has 0 aliphatic rings. The summed E-state index contributed by atoms with van der Waals surface area (Å²) in [6, 6.07) is 9.90. The fourth-order valence-corrected chi connectivity index (χ4v) is 1.96. The molecule has 106 valence electrons. The number of pyridine rings is 1. The van der Waals surface area contributed by atoms with Crippen LogP contribution in [0, 0.1) is 6.92 Å². The predicted octanol–water partition coefficient (Wildman–Crippen LogP) is 3.38. The van der Waals surface area contributed by atoms with Crippen LogP contribution in [0.2, 0.25) is 0 Å². The van der Waals surface area contributed by atoms with Gasteiger partial charge in [-0.1, -0.05) is 19.1 Å². The summed E-state index contributed by atoms with van der Waals surface area (Å²) in [7, 11) is 0. The number of hydrogen-bond acceptors (Lipinski definition) is 4. The third-order valence-corrected chi connectivity index (χ3v) is 2.95. The molecule has 0 spiro atoms. The molecule has 1 aromatic carbocycles. The molecular weight excluding hydrogens is 250 g/mol. The van der Waals surface area contributed by atoms with Crippen LogP contribution in [0.25, 0.3) is 0 Å². The first kappa shape index (κ1) is 14.3. The Balaban J connectivity index is 2.30. The SMILES string of the molecule is CCCOc1c(CN)cccc1Nc1cc(C)ccn1. The van der Waals surface area contributed by atoms with E-state index in [9.17, 15) is 0 Å². The zero-order valence-corrected chi connectivity index (χ0v) is 12.0. The van der Waals surface area contributed by atoms with E-state index < -0.39 is 0 Å². The lowest BCUT2D eigenvalue weighted by Crippen LogP contribution is -2.06. The minimum absolute atomic E-state index is 0.454. The Morgan fingerprint density at radius 3 is 2.85 bits per heavy atom. The molecule has 2 aromatic rings. The summed E-state index contributed by atoms with van der Waals surface area (Å²) in [5, 5.41) is 3.31. The number of para-hydroxylation sites is 1. The van der Waals surface area contributed by atoms with Crippen LogP contribution in [-0.2, 0) is 6.54 Å². The van der Waals surface area contributed by atoms with Crippen LogP contribution in [0.5, 0.6) is 5.75 Å². The number of aryl methyl sites for hydroxylation is 1. The Labute approximate surface area is 120 Å². The van der Waals surface area contributed by atoms with Crippen LogP contribution < -0.4 is 15.8 Å². The molecule has 4 heteroatoms. The van der Waals surface area contributed by atoms with Crippen LogP contribution in [-0.4, -0.2) is 11.6 Å². The first-order valence-corrected chi connectivity index (χ1v) is 6.89. The van der Waals surface area contributed by atoms with Gasteiger partial charge in [0.25, 0.3) is 0 Å². The molecule has 0 atom stereocenters. The van der Waals surface area contributed by atoms with Gasteiger partial charge < -0.3 is 15.8 Å². The molecule has 0 amide bonds. The predicted molar refractivity (Wildman–Crippen MR) is 82.4 cm³/mol. The molecule has 0 bridgehead atoms. The third-order valence-electron chi connectivity index (χ3n) is 2.95. The van der Waals surface area contributed by atoms with Crippen LogP contribution in [0.15, 0.2) is 36.5 Å². The van der Waals surface area contributed by atoms with Crippen molar-refractivity contribution >= 4 is 11.5 Å². The summed E-state index contributed by atoms with van der Waals surface area (Å²) in [5.74, 6) is 1.63. The molecule has 0 aliphatic carbocycles. The zero-order valence-electron chi connectivity index (χ0n) is 12.0. The number of nitrogens with zero attached hydrogens (tertiary/aromatic N) is 1. The molecule has 0 radical (unpaired) electrons. The van der Waals surface area contributed by atoms with E-state index in [0.717, 1.165) is 34.8 Å². The van der Waals surface area contributed by atoms with Crippen LogP contribution >= 0.6 is 0 Å². The summed E-state index contributed by atoms with van der Waals surface area (Å²) in [6.45, 7) is 5.25. The summed E-state index contributed by atoms with van der Waals surface area (Å²) in [5.41, 5.74) is 8.84. The van der Waals surface area contributed by atoms with Crippen molar-refractivity contribution in [3.8, 4) is 5.75 Å². The molecule has 1 heterocycles. The maximum Gasteiger partial charge on any atom is 0.147 e. The number of ether oxygens (including phenoxy) is 1. The molecule has 3 N–H and O–H groups in total. The molecule has 0 aliphatic heterocycles. The van der Waals surface area contributed by atoms with E-state index in [0.29, 0.717) is 13.2 Å². The average molecular weight is 271 g/mol. The number of benzene rings is 1. The van der Waals surface area contributed by atoms with Gasteiger partial charge in [0.05, 0.1) is 12.3 Å². The quantitative estimate of drug-likeness (QED) is 0.845. The van der Waals surface area contributed by atoms with Gasteiger partial charge >= 0.3 is 0 Å². The van der Waals surface area contributed by atoms with Gasteiger partial charge in [0.1, 0.15) is 11.6 Å². The van der Waals surface area contributed by atoms with Crippen molar-refractivity contribution in [2.24, 2.45) is 5.73 Å². The van der Waals surface area contributed by atoms with Crippen molar-refractivity contribution in [1.29, 1.82) is 0 Å². The Morgan fingerprint density at radius 2 is 2.15 bits per heavy atom. The van der Waals surface area contributed by atoms with E-state index in [2.05, 4.69) is 17.2 Å². The van der Waals surface area contributed by atoms with Crippen molar-refractivity contribution in [3.63, 3.8) is 0 Å². The fraction of sp³-hybridized carbons (Fsp3) is 0.312. The number of nitrogens with one attached hydrogen (secondary N) is 1. The summed E-state index contributed by atoms with van der Waals surface area (Å²) >= 11 is 0. The number of hydrogen-bond donors (Lipinski definition) is 2. The minimum atomic E-state index is 0.454. The van der Waals surface area contributed by atoms with Crippen LogP contribution in [0.3, 0.4) is 0 Å². The molecule has 1 aromatic heterocycles. The highest BCUT2D eigenvalue weighted by molar-refractivity contribution is 5.66. The Kier molecular flexibility index (Phi) is 4.96. The summed E-state index contributed by atoms with van der Waals surface area (Å²) in [6.07, 6.45) is 2.75. The smallest absolute Gasteiger partial charge is 0.147 e. The lowest BCUT2D eigenvalue weighted by Gasteiger charge is -2.16. The highest BCUT2D eigenvalue weighted by Crippen LogP contribution is 2.31. The Hall–Kier alpha value is -2.07. The topological polar surface area (TPSA) is 60.2 Å². The van der Waals surface area contributed by atoms with Crippen molar-refractivity contribution in [1.82, 2.24) is 4.98 Å². The van der Waals surface area contributed by atoms with E-state index in [1.807, 2.05) is 37.3 Å². The maximum absolute atomic E-state index is 5.84. The Bertz CT molecular complexity index is 569. The van der Waals surface area contributed by atoms with Crippen molar-refractivity contribution in [2.45, 2.75) is 26.8 Å². The van der Waals surface area contributed by atoms with Gasteiger partial charge in [-0.25, -0.2) is 4.98 Å². The van der Waals surface area contributed by atoms with Gasteiger partial charge in [-0.05, 0) is 37.1 Å². The van der Waals surface area contributed by atoms with Crippen molar-refractivity contribution in [2.75, 3.05) is 11.9 Å². The standard InChI is InChI=1S/C16H21N3O/c1-3-9-20-16-13(11-17)5-4-6-14(16)19-15-10-12(2)7-8-18-15/h4-8,10H,3,9,11,17H2,1-2H3,(H,18,19). The number of aromatic nitrogens is 1. The molecular formula is C16H21N3O. The van der Waals surface area contributed by atoms with Crippen molar-refractivity contribution < 1.29 is 4.74 Å². The highest BCUT2D eigenvalue weighted by Gasteiger charge is 2.09. The first-order valence-electron chi connectivity index (χ1n) is 6.89. The van der Waals surface area contributed by atoms with Gasteiger partial charge in [-0.15, -0.1) is 0 Å². The fourth-order valence-electron chi connectivity index (χ4n) is 1.96. The average Bonchev–Trinajstić information content (AvgIpc) is 2.45. The van der Waals surface area contributed by atoms with Gasteiger partial charge in [0.2, 0.25) is 0 Å². The largest absolute Gasteiger partial charge is 0.491 e. The lowest BCUT2D eigenvalue weighted by molar-refractivity contribution is 0.316. The molecule has 2 rings (SSSR count). The number of rotatable bonds is 6. The van der Waals surface area contributed by atoms with Crippen LogP contribution in [0.4, 0.5) is 11.5 Å². The number of anilines is 2. The molecule has 0 fully saturated rings. The highest BCUT2D eigenvalue weighted by atomic mass is 16.5.